The predicted octanol–water partition coefficient (Wildman–Crippen LogP) is 5.93. The molecule has 2 aromatic carbocycles. The van der Waals surface area contributed by atoms with E-state index in [1.54, 1.807) is 11.3 Å². The third-order valence-corrected chi connectivity index (χ3v) is 6.05. The molecule has 3 heterocycles. The van der Waals surface area contributed by atoms with E-state index < -0.39 is 0 Å². The highest BCUT2D eigenvalue weighted by Gasteiger charge is 2.19. The van der Waals surface area contributed by atoms with E-state index in [9.17, 15) is 0 Å². The summed E-state index contributed by atoms with van der Waals surface area (Å²) in [5.41, 5.74) is 10.7. The molecule has 0 fully saturated rings. The summed E-state index contributed by atoms with van der Waals surface area (Å²) in [6, 6.07) is 22.2. The number of thiophene rings is 1. The van der Waals surface area contributed by atoms with Crippen LogP contribution in [0.3, 0.4) is 0 Å². The Bertz CT molecular complexity index is 1290. The molecule has 1 atom stereocenters. The monoisotopic (exact) mass is 539 g/mol. The number of hydrogen-bond acceptors (Lipinski definition) is 3. The molecule has 5 rings (SSSR count). The Kier molecular flexibility index (Phi) is 6.53. The van der Waals surface area contributed by atoms with Crippen molar-refractivity contribution in [2.24, 2.45) is 10.7 Å². The molecule has 7 heteroatoms. The van der Waals surface area contributed by atoms with Gasteiger partial charge >= 0.3 is 0 Å². The lowest BCUT2D eigenvalue weighted by atomic mass is 10.0. The number of fused-ring (bicyclic) bond motifs is 1. The number of H-pyrrole nitrogens is 2. The molecule has 0 spiro atoms. The number of nitrogens with two attached hydrogens (primary N) is 1. The lowest BCUT2D eigenvalue weighted by molar-refractivity contribution is 0.683. The zero-order chi connectivity index (χ0) is 20.3. The molecule has 5 aromatic rings. The Morgan fingerprint density at radius 3 is 2.65 bits per heavy atom. The van der Waals surface area contributed by atoms with Crippen molar-refractivity contribution in [2.75, 3.05) is 0 Å². The van der Waals surface area contributed by atoms with Crippen molar-refractivity contribution in [3.63, 3.8) is 0 Å². The van der Waals surface area contributed by atoms with E-state index in [1.165, 1.54) is 10.9 Å². The first-order valence-corrected chi connectivity index (χ1v) is 10.7. The van der Waals surface area contributed by atoms with Crippen LogP contribution in [0.4, 0.5) is 0 Å². The molecule has 0 radical (unpaired) electrons. The maximum absolute atomic E-state index is 6.35. The first-order chi connectivity index (χ1) is 14.8. The molecule has 5 nitrogen and oxygen atoms in total. The fourth-order valence-electron chi connectivity index (χ4n) is 3.64. The number of aromatic nitrogens is 3. The molecule has 31 heavy (non-hydrogen) atoms. The molecule has 0 unspecified atom stereocenters. The van der Waals surface area contributed by atoms with Gasteiger partial charge in [-0.05, 0) is 28.6 Å². The van der Waals surface area contributed by atoms with E-state index in [2.05, 4.69) is 51.5 Å². The van der Waals surface area contributed by atoms with Crippen LogP contribution in [0.5, 0.6) is 0 Å². The highest BCUT2D eigenvalue weighted by molar-refractivity contribution is 14.0. The Labute approximate surface area is 201 Å². The molecule has 0 saturated heterocycles. The second kappa shape index (κ2) is 9.49. The minimum absolute atomic E-state index is 0. The number of amidine groups is 1. The van der Waals surface area contributed by atoms with Crippen molar-refractivity contribution in [1.82, 2.24) is 15.0 Å². The summed E-state index contributed by atoms with van der Waals surface area (Å²) >= 11 is 1.59. The van der Waals surface area contributed by atoms with E-state index in [1.807, 2.05) is 48.0 Å². The van der Waals surface area contributed by atoms with Crippen LogP contribution in [0, 0.1) is 0 Å². The lowest BCUT2D eigenvalue weighted by Crippen LogP contribution is -2.15. The highest BCUT2D eigenvalue weighted by Crippen LogP contribution is 2.28. The normalized spacial score (nSPS) is 12.6. The molecule has 0 aliphatic rings. The second-order valence-corrected chi connectivity index (χ2v) is 8.07. The van der Waals surface area contributed by atoms with Crippen LogP contribution in [0.25, 0.3) is 22.2 Å². The number of benzene rings is 2. The maximum Gasteiger partial charge on any atom is 0.136 e. The van der Waals surface area contributed by atoms with Gasteiger partial charge in [-0.15, -0.1) is 35.3 Å². The summed E-state index contributed by atoms with van der Waals surface area (Å²) in [6.07, 6.45) is 4.61. The van der Waals surface area contributed by atoms with Crippen molar-refractivity contribution < 1.29 is 0 Å². The van der Waals surface area contributed by atoms with Crippen LogP contribution in [0.15, 0.2) is 89.5 Å². The van der Waals surface area contributed by atoms with Gasteiger partial charge in [-0.1, -0.05) is 54.6 Å². The van der Waals surface area contributed by atoms with Crippen LogP contribution in [0.2, 0.25) is 0 Å². The summed E-state index contributed by atoms with van der Waals surface area (Å²) in [6.45, 7) is 0. The number of para-hydroxylation sites is 1. The molecular formula is C24H22IN5S. The number of halogens is 1. The summed E-state index contributed by atoms with van der Waals surface area (Å²) in [5, 5.41) is 3.20. The predicted molar refractivity (Wildman–Crippen MR) is 139 cm³/mol. The number of rotatable bonds is 6. The minimum Gasteiger partial charge on any atom is -0.383 e. The summed E-state index contributed by atoms with van der Waals surface area (Å²) in [5.74, 6) is 1.34. The maximum atomic E-state index is 6.35. The standard InChI is InChI=1S/C24H21N5S.HI/c25-23(22-11-6-12-30-22)28-20(13-17-14-26-19-10-5-4-9-18(17)19)24-27-15-21(29-24)16-7-2-1-3-8-16;/h1-12,14-15,20,26H,13H2,(H2,25,28)(H,27,29);1H/t20-;/m1./s1. The molecule has 0 bridgehead atoms. The molecule has 0 amide bonds. The van der Waals surface area contributed by atoms with Crippen molar-refractivity contribution in [2.45, 2.75) is 12.5 Å². The van der Waals surface area contributed by atoms with E-state index in [0.717, 1.165) is 27.5 Å². The minimum atomic E-state index is -0.219. The number of nitrogens with one attached hydrogen (secondary N) is 2. The van der Waals surface area contributed by atoms with Crippen molar-refractivity contribution in [1.29, 1.82) is 0 Å². The van der Waals surface area contributed by atoms with Crippen molar-refractivity contribution in [3.05, 3.63) is 101 Å². The summed E-state index contributed by atoms with van der Waals surface area (Å²) < 4.78 is 0. The van der Waals surface area contributed by atoms with Gasteiger partial charge in [0.2, 0.25) is 0 Å². The Morgan fingerprint density at radius 2 is 1.84 bits per heavy atom. The third kappa shape index (κ3) is 4.57. The van der Waals surface area contributed by atoms with Gasteiger partial charge in [-0.25, -0.2) is 4.98 Å². The van der Waals surface area contributed by atoms with Crippen LogP contribution in [-0.4, -0.2) is 20.8 Å². The first kappa shape index (κ1) is 21.3. The van der Waals surface area contributed by atoms with Gasteiger partial charge in [0.05, 0.1) is 16.8 Å². The van der Waals surface area contributed by atoms with Crippen molar-refractivity contribution >= 4 is 52.1 Å². The van der Waals surface area contributed by atoms with Crippen LogP contribution < -0.4 is 5.73 Å². The van der Waals surface area contributed by atoms with E-state index in [4.69, 9.17) is 10.7 Å². The molecule has 156 valence electrons. The summed E-state index contributed by atoms with van der Waals surface area (Å²) in [7, 11) is 0. The number of aliphatic imine (C=N–C) groups is 1. The Morgan fingerprint density at radius 1 is 1.03 bits per heavy atom. The third-order valence-electron chi connectivity index (χ3n) is 5.15. The smallest absolute Gasteiger partial charge is 0.136 e. The van der Waals surface area contributed by atoms with Gasteiger partial charge in [0.1, 0.15) is 17.7 Å². The SMILES string of the molecule is I.NC(=N[C@H](Cc1c[nH]c2ccccc12)c1ncc(-c2ccccc2)[nH]1)c1cccs1. The lowest BCUT2D eigenvalue weighted by Gasteiger charge is -2.11. The fourth-order valence-corrected chi connectivity index (χ4v) is 4.27. The molecular weight excluding hydrogens is 517 g/mol. The summed E-state index contributed by atoms with van der Waals surface area (Å²) in [4.78, 5) is 17.3. The zero-order valence-electron chi connectivity index (χ0n) is 16.7. The average molecular weight is 539 g/mol. The number of imidazole rings is 1. The van der Waals surface area contributed by atoms with Gasteiger partial charge in [-0.2, -0.15) is 0 Å². The molecule has 0 aliphatic carbocycles. The number of aromatic amines is 2. The quantitative estimate of drug-likeness (QED) is 0.142. The van der Waals surface area contributed by atoms with Gasteiger partial charge in [0.25, 0.3) is 0 Å². The van der Waals surface area contributed by atoms with E-state index >= 15 is 0 Å². The molecule has 3 aromatic heterocycles. The molecule has 0 aliphatic heterocycles. The fraction of sp³-hybridized carbons (Fsp3) is 0.0833. The van der Waals surface area contributed by atoms with Crippen LogP contribution in [0.1, 0.15) is 22.3 Å². The number of nitrogens with zero attached hydrogens (tertiary/aromatic N) is 2. The largest absolute Gasteiger partial charge is 0.383 e. The molecule has 4 N–H and O–H groups in total. The second-order valence-electron chi connectivity index (χ2n) is 7.12. The van der Waals surface area contributed by atoms with E-state index in [0.29, 0.717) is 12.3 Å². The van der Waals surface area contributed by atoms with Crippen molar-refractivity contribution in [3.8, 4) is 11.3 Å². The van der Waals surface area contributed by atoms with Gasteiger partial charge in [0.15, 0.2) is 0 Å². The topological polar surface area (TPSA) is 82.8 Å². The average Bonchev–Trinajstić information content (AvgIpc) is 3.55. The van der Waals surface area contributed by atoms with Gasteiger partial charge < -0.3 is 15.7 Å². The van der Waals surface area contributed by atoms with Crippen LogP contribution >= 0.6 is 35.3 Å². The highest BCUT2D eigenvalue weighted by atomic mass is 127. The Balaban J connectivity index is 0.00000231. The van der Waals surface area contributed by atoms with Crippen LogP contribution in [-0.2, 0) is 6.42 Å². The van der Waals surface area contributed by atoms with E-state index in [-0.39, 0.29) is 30.0 Å². The number of hydrogen-bond donors (Lipinski definition) is 3. The zero-order valence-corrected chi connectivity index (χ0v) is 19.8. The molecule has 0 saturated carbocycles. The first-order valence-electron chi connectivity index (χ1n) is 9.80. The van der Waals surface area contributed by atoms with Gasteiger partial charge in [0, 0.05) is 23.5 Å². The van der Waals surface area contributed by atoms with Gasteiger partial charge in [-0.3, -0.25) is 4.99 Å². The Hall–Kier alpha value is -2.91.